The Hall–Kier alpha value is -2.86. The fourth-order valence-electron chi connectivity index (χ4n) is 3.15. The minimum absolute atomic E-state index is 0.230. The molecule has 0 aromatic heterocycles. The molecule has 0 radical (unpaired) electrons. The number of hydrogen-bond acceptors (Lipinski definition) is 1. The van der Waals surface area contributed by atoms with Gasteiger partial charge in [0.25, 0.3) is 0 Å². The van der Waals surface area contributed by atoms with Crippen LogP contribution in [0.2, 0.25) is 0 Å². The van der Waals surface area contributed by atoms with Crippen molar-refractivity contribution >= 4 is 44.2 Å². The van der Waals surface area contributed by atoms with Gasteiger partial charge in [-0.3, -0.25) is 0 Å². The van der Waals surface area contributed by atoms with Crippen LogP contribution in [0.3, 0.4) is 0 Å². The van der Waals surface area contributed by atoms with E-state index in [9.17, 15) is 25.2 Å². The van der Waals surface area contributed by atoms with Gasteiger partial charge in [0.2, 0.25) is 0 Å². The van der Waals surface area contributed by atoms with Crippen LogP contribution in [0.5, 0.6) is 0 Å². The molecule has 2 aromatic carbocycles. The Balaban J connectivity index is 0.000000429. The summed E-state index contributed by atoms with van der Waals surface area (Å²) in [7, 11) is -6.51. The summed E-state index contributed by atoms with van der Waals surface area (Å²) in [5.41, 5.74) is 13.0. The van der Waals surface area contributed by atoms with E-state index in [-0.39, 0.29) is 15.0 Å². The SMILES string of the molecule is C[N+](C)=C1C=CC(=C2C=C(c3ccccc3)C=C(c3ccc(N)cc3)[Se]2)C=C1.F[P-](F)(F)(F)(F)F. The summed E-state index contributed by atoms with van der Waals surface area (Å²) in [5.74, 6) is 0. The molecule has 0 atom stereocenters. The Labute approximate surface area is 205 Å². The number of halogens is 6. The van der Waals surface area contributed by atoms with Gasteiger partial charge < -0.3 is 0 Å². The molecule has 186 valence electrons. The van der Waals surface area contributed by atoms with Crippen molar-refractivity contribution in [1.29, 1.82) is 0 Å². The van der Waals surface area contributed by atoms with E-state index in [1.807, 2.05) is 12.1 Å². The molecule has 1 aliphatic carbocycles. The fraction of sp³-hybridized carbons (Fsp3) is 0.0800. The Morgan fingerprint density at radius 3 is 1.77 bits per heavy atom. The number of allylic oxidation sites excluding steroid dienone is 9. The monoisotopic (exact) mass is 576 g/mol. The molecule has 0 spiro atoms. The molecule has 2 aliphatic rings. The van der Waals surface area contributed by atoms with E-state index in [0.717, 1.165) is 5.69 Å². The minimum atomic E-state index is -10.7. The first-order valence-corrected chi connectivity index (χ1v) is 14.0. The van der Waals surface area contributed by atoms with E-state index in [4.69, 9.17) is 5.73 Å². The third-order valence-corrected chi connectivity index (χ3v) is 7.17. The molecule has 2 aromatic rings. The van der Waals surface area contributed by atoms with Crippen molar-refractivity contribution < 1.29 is 29.8 Å². The molecule has 2 nitrogen and oxygen atoms in total. The van der Waals surface area contributed by atoms with Crippen LogP contribution in [-0.4, -0.2) is 39.3 Å². The second-order valence-corrected chi connectivity index (χ2v) is 12.2. The van der Waals surface area contributed by atoms with Crippen molar-refractivity contribution in [3.05, 3.63) is 112 Å². The van der Waals surface area contributed by atoms with Gasteiger partial charge in [0.15, 0.2) is 0 Å². The standard InChI is InChI=1S/C25H22N2Se.F6P/c1-27(2)23-14-10-20(11-15-23)25-17-21(18-6-4-3-5-7-18)16-24(28-25)19-8-12-22(26)13-9-19;1-7(2,3,4,5)6/h3-17,26H,1-2H3;/q;-1/p+1. The van der Waals surface area contributed by atoms with Gasteiger partial charge in [0.05, 0.1) is 0 Å². The summed E-state index contributed by atoms with van der Waals surface area (Å²) in [5, 5.41) is 0. The van der Waals surface area contributed by atoms with Gasteiger partial charge in [-0.25, -0.2) is 0 Å². The maximum absolute atomic E-state index is 10.7. The Morgan fingerprint density at radius 1 is 0.714 bits per heavy atom. The Morgan fingerprint density at radius 2 is 1.26 bits per heavy atom. The van der Waals surface area contributed by atoms with Crippen LogP contribution in [0.25, 0.3) is 10.0 Å². The van der Waals surface area contributed by atoms with Crippen LogP contribution in [0.4, 0.5) is 30.9 Å². The summed E-state index contributed by atoms with van der Waals surface area (Å²) >= 11 is 0.230. The van der Waals surface area contributed by atoms with Crippen molar-refractivity contribution in [1.82, 2.24) is 0 Å². The molecule has 1 aliphatic heterocycles. The summed E-state index contributed by atoms with van der Waals surface area (Å²) < 4.78 is 64.1. The molecule has 0 amide bonds. The number of nitrogen functional groups attached to an aromatic ring is 1. The normalized spacial score (nSPS) is 17.5. The first kappa shape index (κ1) is 26.7. The number of benzene rings is 2. The molecule has 35 heavy (non-hydrogen) atoms. The predicted molar refractivity (Wildman–Crippen MR) is 135 cm³/mol. The molecule has 0 saturated heterocycles. The number of anilines is 1. The Kier molecular flexibility index (Phi) is 7.11. The summed E-state index contributed by atoms with van der Waals surface area (Å²) in [6.45, 7) is 0. The topological polar surface area (TPSA) is 29.0 Å². The van der Waals surface area contributed by atoms with E-state index in [0.29, 0.717) is 0 Å². The van der Waals surface area contributed by atoms with E-state index < -0.39 is 7.81 Å². The quantitative estimate of drug-likeness (QED) is 0.128. The molecule has 0 fully saturated rings. The summed E-state index contributed by atoms with van der Waals surface area (Å²) in [6, 6.07) is 18.8. The van der Waals surface area contributed by atoms with Gasteiger partial charge in [0.1, 0.15) is 0 Å². The molecule has 4 rings (SSSR count). The molecule has 10 heteroatoms. The molecule has 0 saturated carbocycles. The van der Waals surface area contributed by atoms with Crippen LogP contribution in [0.1, 0.15) is 11.1 Å². The van der Waals surface area contributed by atoms with E-state index in [1.54, 1.807) is 0 Å². The van der Waals surface area contributed by atoms with E-state index >= 15 is 0 Å². The zero-order chi connectivity index (χ0) is 25.9. The van der Waals surface area contributed by atoms with Gasteiger partial charge in [-0.05, 0) is 0 Å². The average molecular weight is 575 g/mol. The van der Waals surface area contributed by atoms with Crippen molar-refractivity contribution in [3.8, 4) is 0 Å². The fourth-order valence-corrected chi connectivity index (χ4v) is 5.50. The molecule has 0 bridgehead atoms. The summed E-state index contributed by atoms with van der Waals surface area (Å²) in [4.78, 5) is 0. The zero-order valence-corrected chi connectivity index (χ0v) is 21.4. The maximum atomic E-state index is 9.87. The second-order valence-electron chi connectivity index (χ2n) is 7.96. The first-order chi connectivity index (χ1) is 16.0. The van der Waals surface area contributed by atoms with Gasteiger partial charge >= 0.3 is 206 Å². The third-order valence-electron chi connectivity index (χ3n) is 4.76. The van der Waals surface area contributed by atoms with Crippen molar-refractivity contribution in [2.24, 2.45) is 0 Å². The molecule has 1 heterocycles. The molecular weight excluding hydrogens is 552 g/mol. The zero-order valence-electron chi connectivity index (χ0n) is 18.8. The van der Waals surface area contributed by atoms with Gasteiger partial charge in [-0.2, -0.15) is 0 Å². The molecule has 0 unspecified atom stereocenters. The number of nitrogens with two attached hydrogens (primary N) is 1. The number of rotatable bonds is 2. The van der Waals surface area contributed by atoms with Crippen LogP contribution < -0.4 is 5.73 Å². The van der Waals surface area contributed by atoms with Crippen LogP contribution in [-0.2, 0) is 0 Å². The molecular formula is C25H23F6N2PSe. The van der Waals surface area contributed by atoms with Crippen LogP contribution >= 0.6 is 7.81 Å². The van der Waals surface area contributed by atoms with Gasteiger partial charge in [-0.15, -0.1) is 0 Å². The van der Waals surface area contributed by atoms with E-state index in [2.05, 4.69) is 97.6 Å². The van der Waals surface area contributed by atoms with Crippen LogP contribution in [0, 0.1) is 0 Å². The van der Waals surface area contributed by atoms with Crippen molar-refractivity contribution in [2.45, 2.75) is 0 Å². The first-order valence-electron chi connectivity index (χ1n) is 10.3. The van der Waals surface area contributed by atoms with Gasteiger partial charge in [-0.1, -0.05) is 0 Å². The summed E-state index contributed by atoms with van der Waals surface area (Å²) in [6.07, 6.45) is 13.5. The Bertz CT molecular complexity index is 1270. The average Bonchev–Trinajstić information content (AvgIpc) is 2.78. The van der Waals surface area contributed by atoms with Crippen molar-refractivity contribution in [3.63, 3.8) is 0 Å². The molecule has 2 N–H and O–H groups in total. The predicted octanol–water partition coefficient (Wildman–Crippen LogP) is 7.89. The number of nitrogens with zero attached hydrogens (tertiary/aromatic N) is 1. The number of hydrogen-bond donors (Lipinski definition) is 1. The second kappa shape index (κ2) is 9.30. The van der Waals surface area contributed by atoms with Crippen LogP contribution in [0.15, 0.2) is 101 Å². The van der Waals surface area contributed by atoms with Gasteiger partial charge in [0, 0.05) is 0 Å². The van der Waals surface area contributed by atoms with E-state index in [1.165, 1.54) is 36.9 Å². The third kappa shape index (κ3) is 9.36. The van der Waals surface area contributed by atoms with Crippen molar-refractivity contribution in [2.75, 3.05) is 19.8 Å².